The lowest BCUT2D eigenvalue weighted by Gasteiger charge is -2.22. The SMILES string of the molecule is CN[C@H]1CSC(CCCCC=O)[C@H]1NC=O. The Morgan fingerprint density at radius 3 is 2.81 bits per heavy atom. The highest BCUT2D eigenvalue weighted by atomic mass is 32.2. The second-order valence-electron chi connectivity index (χ2n) is 4.03. The number of hydrogen-bond acceptors (Lipinski definition) is 4. The van der Waals surface area contributed by atoms with Gasteiger partial charge in [-0.1, -0.05) is 6.42 Å². The van der Waals surface area contributed by atoms with Crippen LogP contribution in [0.1, 0.15) is 25.7 Å². The van der Waals surface area contributed by atoms with Gasteiger partial charge >= 0.3 is 0 Å². The molecule has 1 rings (SSSR count). The molecule has 16 heavy (non-hydrogen) atoms. The molecule has 0 saturated carbocycles. The minimum Gasteiger partial charge on any atom is -0.353 e. The average Bonchev–Trinajstić information content (AvgIpc) is 2.68. The number of thioether (sulfide) groups is 1. The predicted octanol–water partition coefficient (Wildman–Crippen LogP) is 0.564. The van der Waals surface area contributed by atoms with E-state index in [-0.39, 0.29) is 6.04 Å². The van der Waals surface area contributed by atoms with Crippen LogP contribution in [0.5, 0.6) is 0 Å². The van der Waals surface area contributed by atoms with Gasteiger partial charge in [0.1, 0.15) is 6.29 Å². The van der Waals surface area contributed by atoms with E-state index in [0.717, 1.165) is 37.7 Å². The number of unbranched alkanes of at least 4 members (excludes halogenated alkanes) is 2. The lowest BCUT2D eigenvalue weighted by molar-refractivity contribution is -0.110. The molecule has 0 aliphatic carbocycles. The highest BCUT2D eigenvalue weighted by Crippen LogP contribution is 2.30. The van der Waals surface area contributed by atoms with E-state index in [1.807, 2.05) is 18.8 Å². The summed E-state index contributed by atoms with van der Waals surface area (Å²) >= 11 is 1.91. The largest absolute Gasteiger partial charge is 0.353 e. The summed E-state index contributed by atoms with van der Waals surface area (Å²) in [5.41, 5.74) is 0. The third kappa shape index (κ3) is 3.79. The number of carbonyl (C=O) groups excluding carboxylic acids is 2. The third-order valence-corrected chi connectivity index (χ3v) is 4.52. The van der Waals surface area contributed by atoms with E-state index >= 15 is 0 Å². The van der Waals surface area contributed by atoms with Crippen LogP contribution in [0.4, 0.5) is 0 Å². The summed E-state index contributed by atoms with van der Waals surface area (Å²) in [6.45, 7) is 0. The number of carbonyl (C=O) groups is 2. The Morgan fingerprint density at radius 2 is 2.19 bits per heavy atom. The van der Waals surface area contributed by atoms with Crippen molar-refractivity contribution >= 4 is 24.5 Å². The van der Waals surface area contributed by atoms with Gasteiger partial charge in [-0.15, -0.1) is 0 Å². The Kier molecular flexibility index (Phi) is 6.49. The first-order valence-electron chi connectivity index (χ1n) is 5.75. The molecule has 1 saturated heterocycles. The Bertz CT molecular complexity index is 226. The average molecular weight is 244 g/mol. The Morgan fingerprint density at radius 1 is 1.38 bits per heavy atom. The van der Waals surface area contributed by atoms with Gasteiger partial charge in [0.05, 0.1) is 6.04 Å². The van der Waals surface area contributed by atoms with Crippen molar-refractivity contribution in [1.82, 2.24) is 10.6 Å². The fourth-order valence-corrected chi connectivity index (χ4v) is 3.73. The smallest absolute Gasteiger partial charge is 0.207 e. The van der Waals surface area contributed by atoms with Crippen LogP contribution >= 0.6 is 11.8 Å². The summed E-state index contributed by atoms with van der Waals surface area (Å²) in [4.78, 5) is 20.7. The van der Waals surface area contributed by atoms with Crippen LogP contribution in [0.2, 0.25) is 0 Å². The molecule has 0 spiro atoms. The number of hydrogen-bond donors (Lipinski definition) is 2. The molecule has 92 valence electrons. The molecule has 1 aliphatic rings. The topological polar surface area (TPSA) is 58.2 Å². The summed E-state index contributed by atoms with van der Waals surface area (Å²) < 4.78 is 0. The van der Waals surface area contributed by atoms with Crippen LogP contribution < -0.4 is 10.6 Å². The highest BCUT2D eigenvalue weighted by Gasteiger charge is 2.34. The molecule has 0 aromatic carbocycles. The van der Waals surface area contributed by atoms with Gasteiger partial charge in [0.25, 0.3) is 0 Å². The van der Waals surface area contributed by atoms with Gasteiger partial charge in [0.15, 0.2) is 0 Å². The van der Waals surface area contributed by atoms with E-state index < -0.39 is 0 Å². The quantitative estimate of drug-likeness (QED) is 0.484. The monoisotopic (exact) mass is 244 g/mol. The van der Waals surface area contributed by atoms with Gasteiger partial charge < -0.3 is 15.4 Å². The summed E-state index contributed by atoms with van der Waals surface area (Å²) in [7, 11) is 1.93. The van der Waals surface area contributed by atoms with Crippen LogP contribution in [0.3, 0.4) is 0 Å². The minimum atomic E-state index is 0.226. The molecular weight excluding hydrogens is 224 g/mol. The first kappa shape index (κ1) is 13.5. The van der Waals surface area contributed by atoms with Crippen molar-refractivity contribution in [3.8, 4) is 0 Å². The van der Waals surface area contributed by atoms with Gasteiger partial charge in [-0.2, -0.15) is 11.8 Å². The number of aldehydes is 1. The molecule has 4 nitrogen and oxygen atoms in total. The van der Waals surface area contributed by atoms with Crippen LogP contribution in [-0.4, -0.2) is 42.8 Å². The minimum absolute atomic E-state index is 0.226. The van der Waals surface area contributed by atoms with Gasteiger partial charge in [-0.05, 0) is 19.9 Å². The molecule has 0 aromatic rings. The molecule has 1 amide bonds. The normalized spacial score (nSPS) is 28.9. The van der Waals surface area contributed by atoms with E-state index in [4.69, 9.17) is 0 Å². The Labute approximate surface area is 101 Å². The molecule has 1 heterocycles. The Balaban J connectivity index is 2.33. The van der Waals surface area contributed by atoms with Crippen molar-refractivity contribution in [3.05, 3.63) is 0 Å². The zero-order valence-electron chi connectivity index (χ0n) is 9.65. The van der Waals surface area contributed by atoms with Crippen molar-refractivity contribution in [1.29, 1.82) is 0 Å². The van der Waals surface area contributed by atoms with Crippen molar-refractivity contribution < 1.29 is 9.59 Å². The van der Waals surface area contributed by atoms with Gasteiger partial charge in [0.2, 0.25) is 6.41 Å². The maximum atomic E-state index is 10.5. The van der Waals surface area contributed by atoms with Crippen molar-refractivity contribution in [2.75, 3.05) is 12.8 Å². The zero-order valence-corrected chi connectivity index (χ0v) is 10.5. The third-order valence-electron chi connectivity index (χ3n) is 3.02. The number of rotatable bonds is 8. The second kappa shape index (κ2) is 7.68. The molecule has 0 bridgehead atoms. The summed E-state index contributed by atoms with van der Waals surface area (Å²) in [5, 5.41) is 6.62. The number of likely N-dealkylation sites (N-methyl/N-ethyl adjacent to an activating group) is 1. The van der Waals surface area contributed by atoms with Crippen LogP contribution in [0, 0.1) is 0 Å². The molecule has 0 aromatic heterocycles. The predicted molar refractivity (Wildman–Crippen MR) is 66.6 cm³/mol. The van der Waals surface area contributed by atoms with Crippen LogP contribution in [-0.2, 0) is 9.59 Å². The molecular formula is C11H20N2O2S. The maximum Gasteiger partial charge on any atom is 0.207 e. The summed E-state index contributed by atoms with van der Waals surface area (Å²) in [6, 6.07) is 0.593. The molecule has 5 heteroatoms. The van der Waals surface area contributed by atoms with Crippen molar-refractivity contribution in [2.24, 2.45) is 0 Å². The van der Waals surface area contributed by atoms with E-state index in [0.29, 0.717) is 17.7 Å². The van der Waals surface area contributed by atoms with Crippen LogP contribution in [0.25, 0.3) is 0 Å². The molecule has 1 fully saturated rings. The van der Waals surface area contributed by atoms with Gasteiger partial charge in [-0.25, -0.2) is 0 Å². The first-order chi connectivity index (χ1) is 7.83. The molecule has 1 unspecified atom stereocenters. The standard InChI is InChI=1S/C11H20N2O2S/c1-12-9-7-16-10(11(9)13-8-15)5-3-2-4-6-14/h6,8-12H,2-5,7H2,1H3,(H,13,15)/t9-,10?,11-/m0/s1. The lowest BCUT2D eigenvalue weighted by atomic mass is 10.0. The van der Waals surface area contributed by atoms with Crippen LogP contribution in [0.15, 0.2) is 0 Å². The van der Waals surface area contributed by atoms with Gasteiger partial charge in [0, 0.05) is 23.5 Å². The van der Waals surface area contributed by atoms with E-state index in [1.54, 1.807) is 0 Å². The number of nitrogens with one attached hydrogen (secondary N) is 2. The summed E-state index contributed by atoms with van der Waals surface area (Å²) in [6.07, 6.45) is 5.50. The molecule has 3 atom stereocenters. The Hall–Kier alpha value is -0.550. The van der Waals surface area contributed by atoms with Gasteiger partial charge in [-0.3, -0.25) is 4.79 Å². The maximum absolute atomic E-state index is 10.5. The second-order valence-corrected chi connectivity index (χ2v) is 5.30. The molecule has 0 radical (unpaired) electrons. The fourth-order valence-electron chi connectivity index (χ4n) is 2.09. The van der Waals surface area contributed by atoms with E-state index in [9.17, 15) is 9.59 Å². The van der Waals surface area contributed by atoms with Crippen molar-refractivity contribution in [3.63, 3.8) is 0 Å². The zero-order chi connectivity index (χ0) is 11.8. The van der Waals surface area contributed by atoms with E-state index in [2.05, 4.69) is 10.6 Å². The fraction of sp³-hybridized carbons (Fsp3) is 0.818. The first-order valence-corrected chi connectivity index (χ1v) is 6.80. The highest BCUT2D eigenvalue weighted by molar-refractivity contribution is 8.00. The number of amides is 1. The summed E-state index contributed by atoms with van der Waals surface area (Å²) in [5.74, 6) is 1.04. The van der Waals surface area contributed by atoms with E-state index in [1.165, 1.54) is 0 Å². The lowest BCUT2D eigenvalue weighted by Crippen LogP contribution is -2.48. The van der Waals surface area contributed by atoms with Crippen molar-refractivity contribution in [2.45, 2.75) is 43.0 Å². The molecule has 2 N–H and O–H groups in total. The molecule has 1 aliphatic heterocycles.